The predicted molar refractivity (Wildman–Crippen MR) is 76.4 cm³/mol. The number of hydrogen-bond acceptors (Lipinski definition) is 3. The maximum Gasteiger partial charge on any atom is 0.164 e. The van der Waals surface area contributed by atoms with Crippen LogP contribution in [0.1, 0.15) is 29.5 Å². The molecular weight excluding hydrogens is 238 g/mol. The SMILES string of the molecule is CCC(=O)c1ccccc1N(C)Cc1nccn1C. The smallest absolute Gasteiger partial charge is 0.164 e. The van der Waals surface area contributed by atoms with Gasteiger partial charge >= 0.3 is 0 Å². The molecule has 0 aliphatic rings. The van der Waals surface area contributed by atoms with E-state index in [1.807, 2.05) is 56.0 Å². The molecule has 0 unspecified atom stereocenters. The standard InChI is InChI=1S/C15H19N3O/c1-4-14(19)12-7-5-6-8-13(12)18(3)11-15-16-9-10-17(15)2/h5-10H,4,11H2,1-3H3. The lowest BCUT2D eigenvalue weighted by molar-refractivity contribution is 0.0988. The van der Waals surface area contributed by atoms with Crippen LogP contribution in [-0.4, -0.2) is 22.4 Å². The van der Waals surface area contributed by atoms with Gasteiger partial charge in [0.25, 0.3) is 0 Å². The van der Waals surface area contributed by atoms with Gasteiger partial charge < -0.3 is 9.47 Å². The summed E-state index contributed by atoms with van der Waals surface area (Å²) < 4.78 is 1.99. The van der Waals surface area contributed by atoms with Gasteiger partial charge in [-0.05, 0) is 12.1 Å². The molecule has 4 nitrogen and oxygen atoms in total. The van der Waals surface area contributed by atoms with Crippen molar-refractivity contribution in [2.45, 2.75) is 19.9 Å². The molecule has 1 heterocycles. The van der Waals surface area contributed by atoms with E-state index in [9.17, 15) is 4.79 Å². The maximum absolute atomic E-state index is 12.0. The first-order chi connectivity index (χ1) is 9.13. The second kappa shape index (κ2) is 5.69. The summed E-state index contributed by atoms with van der Waals surface area (Å²) in [6.45, 7) is 2.56. The van der Waals surface area contributed by atoms with Crippen LogP contribution in [-0.2, 0) is 13.6 Å². The molecule has 0 spiro atoms. The summed E-state index contributed by atoms with van der Waals surface area (Å²) in [4.78, 5) is 18.3. The Balaban J connectivity index is 2.26. The molecule has 0 N–H and O–H groups in total. The number of aromatic nitrogens is 2. The van der Waals surface area contributed by atoms with E-state index in [-0.39, 0.29) is 5.78 Å². The van der Waals surface area contributed by atoms with Gasteiger partial charge in [-0.1, -0.05) is 19.1 Å². The van der Waals surface area contributed by atoms with Gasteiger partial charge in [-0.2, -0.15) is 0 Å². The lowest BCUT2D eigenvalue weighted by atomic mass is 10.1. The molecule has 4 heteroatoms. The molecule has 0 saturated carbocycles. The highest BCUT2D eigenvalue weighted by atomic mass is 16.1. The second-order valence-corrected chi connectivity index (χ2v) is 4.60. The number of nitrogens with zero attached hydrogens (tertiary/aromatic N) is 3. The van der Waals surface area contributed by atoms with E-state index in [2.05, 4.69) is 9.88 Å². The van der Waals surface area contributed by atoms with E-state index in [1.165, 1.54) is 0 Å². The van der Waals surface area contributed by atoms with Gasteiger partial charge in [0.15, 0.2) is 5.78 Å². The molecule has 2 aromatic rings. The Labute approximate surface area is 113 Å². The fourth-order valence-corrected chi connectivity index (χ4v) is 2.08. The van der Waals surface area contributed by atoms with Crippen molar-refractivity contribution in [2.24, 2.45) is 7.05 Å². The zero-order valence-electron chi connectivity index (χ0n) is 11.6. The van der Waals surface area contributed by atoms with Gasteiger partial charge in [0.1, 0.15) is 5.82 Å². The highest BCUT2D eigenvalue weighted by molar-refractivity contribution is 6.01. The third kappa shape index (κ3) is 2.84. The lowest BCUT2D eigenvalue weighted by Gasteiger charge is -2.21. The number of anilines is 1. The molecular formula is C15H19N3O. The first-order valence-electron chi connectivity index (χ1n) is 6.43. The molecule has 0 aliphatic heterocycles. The van der Waals surface area contributed by atoms with Crippen LogP contribution in [0.4, 0.5) is 5.69 Å². The highest BCUT2D eigenvalue weighted by Crippen LogP contribution is 2.21. The third-order valence-electron chi connectivity index (χ3n) is 3.24. The van der Waals surface area contributed by atoms with Crippen molar-refractivity contribution < 1.29 is 4.79 Å². The molecule has 1 aromatic carbocycles. The average Bonchev–Trinajstić information content (AvgIpc) is 2.83. The van der Waals surface area contributed by atoms with Crippen LogP contribution in [0.25, 0.3) is 0 Å². The van der Waals surface area contributed by atoms with Crippen molar-refractivity contribution in [1.82, 2.24) is 9.55 Å². The van der Waals surface area contributed by atoms with Crippen LogP contribution in [0, 0.1) is 0 Å². The van der Waals surface area contributed by atoms with E-state index < -0.39 is 0 Å². The first kappa shape index (κ1) is 13.3. The van der Waals surface area contributed by atoms with Gasteiger partial charge in [-0.3, -0.25) is 4.79 Å². The number of carbonyl (C=O) groups excluding carboxylic acids is 1. The Morgan fingerprint density at radius 2 is 2.11 bits per heavy atom. The van der Waals surface area contributed by atoms with Gasteiger partial charge in [0.2, 0.25) is 0 Å². The first-order valence-corrected chi connectivity index (χ1v) is 6.43. The number of para-hydroxylation sites is 1. The summed E-state index contributed by atoms with van der Waals surface area (Å²) >= 11 is 0. The molecule has 0 aliphatic carbocycles. The summed E-state index contributed by atoms with van der Waals surface area (Å²) in [6, 6.07) is 7.72. The molecule has 1 aromatic heterocycles. The maximum atomic E-state index is 12.0. The Bertz CT molecular complexity index is 574. The van der Waals surface area contributed by atoms with Crippen molar-refractivity contribution in [3.8, 4) is 0 Å². The van der Waals surface area contributed by atoms with Crippen molar-refractivity contribution in [2.75, 3.05) is 11.9 Å². The monoisotopic (exact) mass is 257 g/mol. The molecule has 0 atom stereocenters. The van der Waals surface area contributed by atoms with Crippen molar-refractivity contribution >= 4 is 11.5 Å². The molecule has 19 heavy (non-hydrogen) atoms. The molecule has 2 rings (SSSR count). The van der Waals surface area contributed by atoms with Gasteiger partial charge in [-0.25, -0.2) is 4.98 Å². The molecule has 0 amide bonds. The zero-order valence-corrected chi connectivity index (χ0v) is 11.6. The quantitative estimate of drug-likeness (QED) is 0.773. The van der Waals surface area contributed by atoms with Crippen molar-refractivity contribution in [3.63, 3.8) is 0 Å². The number of rotatable bonds is 5. The van der Waals surface area contributed by atoms with E-state index >= 15 is 0 Å². The predicted octanol–water partition coefficient (Wildman–Crippen LogP) is 2.65. The summed E-state index contributed by atoms with van der Waals surface area (Å²) in [6.07, 6.45) is 4.23. The van der Waals surface area contributed by atoms with Crippen molar-refractivity contribution in [3.05, 3.63) is 48.0 Å². The number of imidazole rings is 1. The summed E-state index contributed by atoms with van der Waals surface area (Å²) in [5.41, 5.74) is 1.74. The lowest BCUT2D eigenvalue weighted by Crippen LogP contribution is -2.21. The Morgan fingerprint density at radius 3 is 2.74 bits per heavy atom. The van der Waals surface area contributed by atoms with E-state index in [1.54, 1.807) is 6.20 Å². The molecule has 0 bridgehead atoms. The fraction of sp³-hybridized carbons (Fsp3) is 0.333. The minimum Gasteiger partial charge on any atom is -0.367 e. The Morgan fingerprint density at radius 1 is 1.37 bits per heavy atom. The van der Waals surface area contributed by atoms with E-state index in [4.69, 9.17) is 0 Å². The topological polar surface area (TPSA) is 38.1 Å². The van der Waals surface area contributed by atoms with Crippen LogP contribution in [0.5, 0.6) is 0 Å². The Kier molecular flexibility index (Phi) is 4.00. The van der Waals surface area contributed by atoms with Crippen LogP contribution in [0.15, 0.2) is 36.7 Å². The molecule has 100 valence electrons. The van der Waals surface area contributed by atoms with Gasteiger partial charge in [-0.15, -0.1) is 0 Å². The largest absolute Gasteiger partial charge is 0.367 e. The minimum absolute atomic E-state index is 0.169. The number of hydrogen-bond donors (Lipinski definition) is 0. The molecule has 0 radical (unpaired) electrons. The molecule has 0 saturated heterocycles. The number of aryl methyl sites for hydroxylation is 1. The third-order valence-corrected chi connectivity index (χ3v) is 3.24. The van der Waals surface area contributed by atoms with Crippen LogP contribution >= 0.6 is 0 Å². The zero-order chi connectivity index (χ0) is 13.8. The van der Waals surface area contributed by atoms with E-state index in [0.717, 1.165) is 17.1 Å². The Hall–Kier alpha value is -2.10. The van der Waals surface area contributed by atoms with Crippen molar-refractivity contribution in [1.29, 1.82) is 0 Å². The number of carbonyl (C=O) groups is 1. The normalized spacial score (nSPS) is 10.5. The van der Waals surface area contributed by atoms with Crippen LogP contribution < -0.4 is 4.90 Å². The molecule has 0 fully saturated rings. The van der Waals surface area contributed by atoms with Crippen LogP contribution in [0.3, 0.4) is 0 Å². The van der Waals surface area contributed by atoms with Crippen LogP contribution in [0.2, 0.25) is 0 Å². The number of Topliss-reactive ketones (excluding diaryl/α,β-unsaturated/α-hetero) is 1. The summed E-state index contributed by atoms with van der Waals surface area (Å²) in [5, 5.41) is 0. The minimum atomic E-state index is 0.169. The summed E-state index contributed by atoms with van der Waals surface area (Å²) in [5.74, 6) is 1.14. The number of ketones is 1. The average molecular weight is 257 g/mol. The summed E-state index contributed by atoms with van der Waals surface area (Å²) in [7, 11) is 3.95. The highest BCUT2D eigenvalue weighted by Gasteiger charge is 2.13. The number of benzene rings is 1. The second-order valence-electron chi connectivity index (χ2n) is 4.60. The fourth-order valence-electron chi connectivity index (χ4n) is 2.08. The van der Waals surface area contributed by atoms with Gasteiger partial charge in [0.05, 0.1) is 6.54 Å². The van der Waals surface area contributed by atoms with Gasteiger partial charge in [0, 0.05) is 44.2 Å². The van der Waals surface area contributed by atoms with E-state index in [0.29, 0.717) is 13.0 Å².